The first-order valence-electron chi connectivity index (χ1n) is 7.15. The van der Waals surface area contributed by atoms with Gasteiger partial charge >= 0.3 is 5.97 Å². The minimum Gasteiger partial charge on any atom is -0.481 e. The predicted molar refractivity (Wildman–Crippen MR) is 76.6 cm³/mol. The molecule has 1 fully saturated rings. The van der Waals surface area contributed by atoms with Gasteiger partial charge in [0.25, 0.3) is 5.91 Å². The second kappa shape index (κ2) is 5.84. The lowest BCUT2D eigenvalue weighted by molar-refractivity contribution is -0.145. The number of carbonyl (C=O) groups excluding carboxylic acids is 1. The lowest BCUT2D eigenvalue weighted by Gasteiger charge is -2.39. The second-order valence-corrected chi connectivity index (χ2v) is 5.97. The van der Waals surface area contributed by atoms with Crippen LogP contribution in [0, 0.1) is 18.7 Å². The van der Waals surface area contributed by atoms with Crippen molar-refractivity contribution in [3.05, 3.63) is 35.1 Å². The van der Waals surface area contributed by atoms with E-state index in [0.717, 1.165) is 12.8 Å². The van der Waals surface area contributed by atoms with Gasteiger partial charge in [0.1, 0.15) is 5.82 Å². The summed E-state index contributed by atoms with van der Waals surface area (Å²) in [6.07, 6.45) is 2.95. The highest BCUT2D eigenvalue weighted by molar-refractivity contribution is 5.95. The van der Waals surface area contributed by atoms with Crippen LogP contribution in [0.2, 0.25) is 0 Å². The SMILES string of the molecule is Cc1cc(C(=O)NC2(C)CCCCC2C(=O)O)ccc1F. The van der Waals surface area contributed by atoms with Crippen LogP contribution in [0.25, 0.3) is 0 Å². The number of aryl methyl sites for hydroxylation is 1. The maximum atomic E-state index is 13.3. The van der Waals surface area contributed by atoms with Gasteiger partial charge in [-0.3, -0.25) is 9.59 Å². The van der Waals surface area contributed by atoms with Gasteiger partial charge in [-0.25, -0.2) is 4.39 Å². The Kier molecular flexibility index (Phi) is 4.30. The van der Waals surface area contributed by atoms with E-state index in [9.17, 15) is 19.1 Å². The molecule has 21 heavy (non-hydrogen) atoms. The maximum Gasteiger partial charge on any atom is 0.308 e. The first-order valence-corrected chi connectivity index (χ1v) is 7.15. The Morgan fingerprint density at radius 2 is 2.10 bits per heavy atom. The first kappa shape index (κ1) is 15.5. The Labute approximate surface area is 123 Å². The number of hydrogen-bond acceptors (Lipinski definition) is 2. The van der Waals surface area contributed by atoms with E-state index < -0.39 is 17.4 Å². The van der Waals surface area contributed by atoms with Gasteiger partial charge in [0.05, 0.1) is 11.5 Å². The quantitative estimate of drug-likeness (QED) is 0.900. The summed E-state index contributed by atoms with van der Waals surface area (Å²) in [7, 11) is 0. The van der Waals surface area contributed by atoms with Crippen LogP contribution in [0.3, 0.4) is 0 Å². The molecule has 0 spiro atoms. The largest absolute Gasteiger partial charge is 0.481 e. The molecule has 2 N–H and O–H groups in total. The molecule has 4 nitrogen and oxygen atoms in total. The van der Waals surface area contributed by atoms with Gasteiger partial charge in [0.15, 0.2) is 0 Å². The molecule has 0 bridgehead atoms. The van der Waals surface area contributed by atoms with Crippen molar-refractivity contribution >= 4 is 11.9 Å². The van der Waals surface area contributed by atoms with Gasteiger partial charge < -0.3 is 10.4 Å². The predicted octanol–water partition coefficient (Wildman–Crippen LogP) is 2.90. The fraction of sp³-hybridized carbons (Fsp3) is 0.500. The minimum absolute atomic E-state index is 0.352. The molecule has 0 heterocycles. The van der Waals surface area contributed by atoms with Crippen molar-refractivity contribution in [3.8, 4) is 0 Å². The van der Waals surface area contributed by atoms with E-state index in [1.54, 1.807) is 13.8 Å². The summed E-state index contributed by atoms with van der Waals surface area (Å²) in [6.45, 7) is 3.37. The fourth-order valence-electron chi connectivity index (χ4n) is 3.00. The zero-order chi connectivity index (χ0) is 15.6. The number of carboxylic acids is 1. The van der Waals surface area contributed by atoms with Crippen LogP contribution in [0.1, 0.15) is 48.5 Å². The van der Waals surface area contributed by atoms with Crippen LogP contribution < -0.4 is 5.32 Å². The average molecular weight is 293 g/mol. The van der Waals surface area contributed by atoms with Crippen molar-refractivity contribution < 1.29 is 19.1 Å². The van der Waals surface area contributed by atoms with E-state index in [4.69, 9.17) is 0 Å². The molecule has 0 saturated heterocycles. The van der Waals surface area contributed by atoms with E-state index in [1.807, 2.05) is 0 Å². The van der Waals surface area contributed by atoms with Gasteiger partial charge in [-0.1, -0.05) is 12.8 Å². The van der Waals surface area contributed by atoms with Crippen molar-refractivity contribution in [2.45, 2.75) is 45.1 Å². The highest BCUT2D eigenvalue weighted by Gasteiger charge is 2.42. The van der Waals surface area contributed by atoms with Crippen molar-refractivity contribution in [3.63, 3.8) is 0 Å². The van der Waals surface area contributed by atoms with Gasteiger partial charge in [-0.05, 0) is 50.5 Å². The molecule has 1 aromatic carbocycles. The Morgan fingerprint density at radius 1 is 1.38 bits per heavy atom. The van der Waals surface area contributed by atoms with Crippen molar-refractivity contribution in [2.24, 2.45) is 5.92 Å². The standard InChI is InChI=1S/C16H20FNO3/c1-10-9-11(6-7-13(10)17)14(19)18-16(2)8-4-3-5-12(16)15(20)21/h6-7,9,12H,3-5,8H2,1-2H3,(H,18,19)(H,20,21). The van der Waals surface area contributed by atoms with E-state index in [-0.39, 0.29) is 11.7 Å². The summed E-state index contributed by atoms with van der Waals surface area (Å²) >= 11 is 0. The van der Waals surface area contributed by atoms with E-state index in [1.165, 1.54) is 18.2 Å². The number of halogens is 1. The fourth-order valence-corrected chi connectivity index (χ4v) is 3.00. The molecule has 2 rings (SSSR count). The molecule has 1 amide bonds. The number of benzene rings is 1. The molecule has 1 aromatic rings. The first-order chi connectivity index (χ1) is 9.83. The third-order valence-electron chi connectivity index (χ3n) is 4.33. The zero-order valence-corrected chi connectivity index (χ0v) is 12.3. The van der Waals surface area contributed by atoms with Crippen LogP contribution in [-0.2, 0) is 4.79 Å². The number of amides is 1. The number of carboxylic acid groups (broad SMARTS) is 1. The maximum absolute atomic E-state index is 13.3. The Bertz CT molecular complexity index is 573. The highest BCUT2D eigenvalue weighted by atomic mass is 19.1. The number of carbonyl (C=O) groups is 2. The molecular weight excluding hydrogens is 273 g/mol. The normalized spacial score (nSPS) is 25.4. The summed E-state index contributed by atoms with van der Waals surface area (Å²) in [5.41, 5.74) is -0.0141. The van der Waals surface area contributed by atoms with Crippen LogP contribution in [0.15, 0.2) is 18.2 Å². The smallest absolute Gasteiger partial charge is 0.308 e. The summed E-state index contributed by atoms with van der Waals surface area (Å²) < 4.78 is 13.3. The van der Waals surface area contributed by atoms with Crippen LogP contribution in [-0.4, -0.2) is 22.5 Å². The molecule has 2 unspecified atom stereocenters. The third-order valence-corrected chi connectivity index (χ3v) is 4.33. The van der Waals surface area contributed by atoms with Crippen LogP contribution >= 0.6 is 0 Å². The topological polar surface area (TPSA) is 66.4 Å². The summed E-state index contributed by atoms with van der Waals surface area (Å²) in [6, 6.07) is 4.15. The monoisotopic (exact) mass is 293 g/mol. The van der Waals surface area contributed by atoms with E-state index in [0.29, 0.717) is 24.0 Å². The van der Waals surface area contributed by atoms with Crippen molar-refractivity contribution in [1.29, 1.82) is 0 Å². The molecule has 1 aliphatic carbocycles. The lowest BCUT2D eigenvalue weighted by Crippen LogP contribution is -2.55. The molecular formula is C16H20FNO3. The number of aliphatic carboxylic acids is 1. The number of nitrogens with one attached hydrogen (secondary N) is 1. The number of rotatable bonds is 3. The van der Waals surface area contributed by atoms with Gasteiger partial charge in [0, 0.05) is 5.56 Å². The van der Waals surface area contributed by atoms with Gasteiger partial charge in [-0.15, -0.1) is 0 Å². The molecule has 0 aromatic heterocycles. The highest BCUT2D eigenvalue weighted by Crippen LogP contribution is 2.34. The third kappa shape index (κ3) is 3.23. The minimum atomic E-state index is -0.882. The van der Waals surface area contributed by atoms with Gasteiger partial charge in [-0.2, -0.15) is 0 Å². The summed E-state index contributed by atoms with van der Waals surface area (Å²) in [5, 5.41) is 12.2. The van der Waals surface area contributed by atoms with Gasteiger partial charge in [0.2, 0.25) is 0 Å². The molecule has 2 atom stereocenters. The molecule has 1 aliphatic rings. The van der Waals surface area contributed by atoms with Crippen molar-refractivity contribution in [1.82, 2.24) is 5.32 Å². The van der Waals surface area contributed by atoms with Crippen molar-refractivity contribution in [2.75, 3.05) is 0 Å². The van der Waals surface area contributed by atoms with Crippen LogP contribution in [0.4, 0.5) is 4.39 Å². The van der Waals surface area contributed by atoms with E-state index >= 15 is 0 Å². The Morgan fingerprint density at radius 3 is 2.71 bits per heavy atom. The summed E-state index contributed by atoms with van der Waals surface area (Å²) in [4.78, 5) is 23.7. The van der Waals surface area contributed by atoms with E-state index in [2.05, 4.69) is 5.32 Å². The molecule has 1 saturated carbocycles. The van der Waals surface area contributed by atoms with Crippen LogP contribution in [0.5, 0.6) is 0 Å². The number of hydrogen-bond donors (Lipinski definition) is 2. The molecule has 0 radical (unpaired) electrons. The molecule has 114 valence electrons. The summed E-state index contributed by atoms with van der Waals surface area (Å²) in [5.74, 6) is -2.18. The molecule has 5 heteroatoms. The second-order valence-electron chi connectivity index (χ2n) is 5.97. The average Bonchev–Trinajstić information content (AvgIpc) is 2.41. The Hall–Kier alpha value is -1.91. The zero-order valence-electron chi connectivity index (χ0n) is 12.3. The lowest BCUT2D eigenvalue weighted by atomic mass is 9.73. The molecule has 0 aliphatic heterocycles. The Balaban J connectivity index is 2.20.